The molecule has 1 saturated carbocycles. The Bertz CT molecular complexity index is 791. The zero-order chi connectivity index (χ0) is 16.6. The Kier molecular flexibility index (Phi) is 4.13. The number of rotatable bonds is 4. The number of anilines is 1. The standard InChI is InChI=1S/C17H16ClN3O2/c1-9-5-6-19-16(20-9)13-8-14(13)17(23)21-15-7-11(18)3-4-12(15)10(2)22/h3-7,13-14H,8H2,1-2H3,(H,21,23). The van der Waals surface area contributed by atoms with Gasteiger partial charge in [0.15, 0.2) is 5.78 Å². The van der Waals surface area contributed by atoms with Crippen molar-refractivity contribution in [1.29, 1.82) is 0 Å². The van der Waals surface area contributed by atoms with Crippen LogP contribution in [0, 0.1) is 12.8 Å². The van der Waals surface area contributed by atoms with E-state index in [1.54, 1.807) is 24.4 Å². The summed E-state index contributed by atoms with van der Waals surface area (Å²) in [5, 5.41) is 3.28. The summed E-state index contributed by atoms with van der Waals surface area (Å²) in [5.74, 6) is 0.310. The first kappa shape index (κ1) is 15.6. The lowest BCUT2D eigenvalue weighted by atomic mass is 10.1. The van der Waals surface area contributed by atoms with E-state index in [0.717, 1.165) is 5.69 Å². The molecule has 1 heterocycles. The molecule has 118 valence electrons. The number of ketones is 1. The molecule has 0 radical (unpaired) electrons. The number of carbonyl (C=O) groups is 2. The highest BCUT2D eigenvalue weighted by Crippen LogP contribution is 2.46. The van der Waals surface area contributed by atoms with Crippen LogP contribution >= 0.6 is 11.6 Å². The van der Waals surface area contributed by atoms with Gasteiger partial charge in [-0.15, -0.1) is 0 Å². The van der Waals surface area contributed by atoms with Gasteiger partial charge in [0, 0.05) is 34.3 Å². The number of nitrogens with zero attached hydrogens (tertiary/aromatic N) is 2. The molecule has 6 heteroatoms. The van der Waals surface area contributed by atoms with Crippen molar-refractivity contribution < 1.29 is 9.59 Å². The summed E-state index contributed by atoms with van der Waals surface area (Å²) in [6.45, 7) is 3.35. The van der Waals surface area contributed by atoms with Crippen LogP contribution in [0.2, 0.25) is 5.02 Å². The van der Waals surface area contributed by atoms with E-state index in [1.807, 2.05) is 13.0 Å². The van der Waals surface area contributed by atoms with Gasteiger partial charge in [-0.3, -0.25) is 9.59 Å². The van der Waals surface area contributed by atoms with E-state index in [1.165, 1.54) is 6.92 Å². The third-order valence-corrected chi connectivity index (χ3v) is 4.13. The second-order valence-electron chi connectivity index (χ2n) is 5.74. The average Bonchev–Trinajstić information content (AvgIpc) is 3.27. The van der Waals surface area contributed by atoms with Gasteiger partial charge in [0.25, 0.3) is 0 Å². The number of benzene rings is 1. The van der Waals surface area contributed by atoms with Crippen molar-refractivity contribution in [3.05, 3.63) is 52.6 Å². The Morgan fingerprint density at radius 3 is 2.78 bits per heavy atom. The highest BCUT2D eigenvalue weighted by molar-refractivity contribution is 6.31. The quantitative estimate of drug-likeness (QED) is 0.873. The van der Waals surface area contributed by atoms with Crippen LogP contribution in [-0.2, 0) is 4.79 Å². The largest absolute Gasteiger partial charge is 0.325 e. The molecule has 0 aliphatic heterocycles. The van der Waals surface area contributed by atoms with Gasteiger partial charge in [-0.2, -0.15) is 0 Å². The second-order valence-corrected chi connectivity index (χ2v) is 6.18. The lowest BCUT2D eigenvalue weighted by molar-refractivity contribution is -0.117. The van der Waals surface area contributed by atoms with Crippen LogP contribution in [0.4, 0.5) is 5.69 Å². The van der Waals surface area contributed by atoms with E-state index in [-0.39, 0.29) is 23.5 Å². The molecule has 0 spiro atoms. The van der Waals surface area contributed by atoms with Gasteiger partial charge in [-0.25, -0.2) is 9.97 Å². The van der Waals surface area contributed by atoms with Crippen LogP contribution in [0.5, 0.6) is 0 Å². The molecule has 5 nitrogen and oxygen atoms in total. The number of aromatic nitrogens is 2. The molecule has 23 heavy (non-hydrogen) atoms. The van der Waals surface area contributed by atoms with Crippen molar-refractivity contribution in [2.24, 2.45) is 5.92 Å². The zero-order valence-electron chi connectivity index (χ0n) is 12.8. The van der Waals surface area contributed by atoms with Crippen LogP contribution in [0.3, 0.4) is 0 Å². The monoisotopic (exact) mass is 329 g/mol. The molecule has 0 saturated heterocycles. The summed E-state index contributed by atoms with van der Waals surface area (Å²) in [5.41, 5.74) is 1.78. The molecule has 2 aromatic rings. The number of hydrogen-bond donors (Lipinski definition) is 1. The highest BCUT2D eigenvalue weighted by Gasteiger charge is 2.46. The van der Waals surface area contributed by atoms with Crippen LogP contribution in [0.1, 0.15) is 41.1 Å². The number of nitrogens with one attached hydrogen (secondary N) is 1. The first-order valence-electron chi connectivity index (χ1n) is 7.36. The van der Waals surface area contributed by atoms with Crippen molar-refractivity contribution in [3.8, 4) is 0 Å². The van der Waals surface area contributed by atoms with Crippen molar-refractivity contribution in [2.45, 2.75) is 26.2 Å². The van der Waals surface area contributed by atoms with Crippen LogP contribution in [-0.4, -0.2) is 21.7 Å². The first-order chi connectivity index (χ1) is 11.0. The molecule has 3 rings (SSSR count). The Morgan fingerprint density at radius 1 is 1.30 bits per heavy atom. The van der Waals surface area contributed by atoms with Gasteiger partial charge in [-0.05, 0) is 44.5 Å². The second kappa shape index (κ2) is 6.08. The van der Waals surface area contributed by atoms with Crippen molar-refractivity contribution in [1.82, 2.24) is 9.97 Å². The fraction of sp³-hybridized carbons (Fsp3) is 0.294. The third kappa shape index (κ3) is 3.40. The Hall–Kier alpha value is -2.27. The maximum absolute atomic E-state index is 12.4. The van der Waals surface area contributed by atoms with E-state index < -0.39 is 0 Å². The predicted molar refractivity (Wildman–Crippen MR) is 87.7 cm³/mol. The number of hydrogen-bond acceptors (Lipinski definition) is 4. The zero-order valence-corrected chi connectivity index (χ0v) is 13.6. The molecular formula is C17H16ClN3O2. The van der Waals surface area contributed by atoms with Gasteiger partial charge < -0.3 is 5.32 Å². The Labute approximate surface area is 139 Å². The van der Waals surface area contributed by atoms with Gasteiger partial charge in [0.2, 0.25) is 5.91 Å². The number of amides is 1. The summed E-state index contributed by atoms with van der Waals surface area (Å²) >= 11 is 5.96. The molecular weight excluding hydrogens is 314 g/mol. The number of halogens is 1. The summed E-state index contributed by atoms with van der Waals surface area (Å²) < 4.78 is 0. The summed E-state index contributed by atoms with van der Waals surface area (Å²) in [7, 11) is 0. The molecule has 2 unspecified atom stereocenters. The molecule has 1 amide bonds. The van der Waals surface area contributed by atoms with E-state index in [0.29, 0.717) is 28.5 Å². The van der Waals surface area contributed by atoms with Crippen molar-refractivity contribution >= 4 is 29.0 Å². The van der Waals surface area contributed by atoms with E-state index in [9.17, 15) is 9.59 Å². The molecule has 1 aromatic carbocycles. The molecule has 1 aliphatic carbocycles. The topological polar surface area (TPSA) is 72.0 Å². The smallest absolute Gasteiger partial charge is 0.228 e. The number of Topliss-reactive ketones (excluding diaryl/α,β-unsaturated/α-hetero) is 1. The summed E-state index contributed by atoms with van der Waals surface area (Å²) in [6.07, 6.45) is 2.42. The minimum atomic E-state index is -0.171. The number of aryl methyl sites for hydroxylation is 1. The minimum absolute atomic E-state index is 0.0369. The molecule has 2 atom stereocenters. The molecule has 1 aliphatic rings. The lowest BCUT2D eigenvalue weighted by Crippen LogP contribution is -2.17. The normalized spacial score (nSPS) is 19.3. The first-order valence-corrected chi connectivity index (χ1v) is 7.74. The van der Waals surface area contributed by atoms with Crippen molar-refractivity contribution in [3.63, 3.8) is 0 Å². The maximum atomic E-state index is 12.4. The maximum Gasteiger partial charge on any atom is 0.228 e. The molecule has 0 bridgehead atoms. The Balaban J connectivity index is 1.74. The van der Waals surface area contributed by atoms with Crippen LogP contribution < -0.4 is 5.32 Å². The SMILES string of the molecule is CC(=O)c1ccc(Cl)cc1NC(=O)C1CC1c1nccc(C)n1. The fourth-order valence-corrected chi connectivity index (χ4v) is 2.74. The predicted octanol–water partition coefficient (Wildman–Crippen LogP) is 3.38. The van der Waals surface area contributed by atoms with Crippen LogP contribution in [0.15, 0.2) is 30.5 Å². The number of carbonyl (C=O) groups excluding carboxylic acids is 2. The summed E-state index contributed by atoms with van der Waals surface area (Å²) in [6, 6.07) is 6.67. The van der Waals surface area contributed by atoms with Gasteiger partial charge in [0.05, 0.1) is 5.69 Å². The lowest BCUT2D eigenvalue weighted by Gasteiger charge is -2.09. The Morgan fingerprint density at radius 2 is 2.09 bits per heavy atom. The van der Waals surface area contributed by atoms with E-state index in [4.69, 9.17) is 11.6 Å². The van der Waals surface area contributed by atoms with Crippen LogP contribution in [0.25, 0.3) is 0 Å². The van der Waals surface area contributed by atoms with Gasteiger partial charge >= 0.3 is 0 Å². The molecule has 1 aromatic heterocycles. The van der Waals surface area contributed by atoms with Crippen molar-refractivity contribution in [2.75, 3.05) is 5.32 Å². The average molecular weight is 330 g/mol. The van der Waals surface area contributed by atoms with E-state index in [2.05, 4.69) is 15.3 Å². The van der Waals surface area contributed by atoms with Gasteiger partial charge in [0.1, 0.15) is 5.82 Å². The molecule has 1 fully saturated rings. The van der Waals surface area contributed by atoms with E-state index >= 15 is 0 Å². The summed E-state index contributed by atoms with van der Waals surface area (Å²) in [4.78, 5) is 32.7. The van der Waals surface area contributed by atoms with Gasteiger partial charge in [-0.1, -0.05) is 11.6 Å². The highest BCUT2D eigenvalue weighted by atomic mass is 35.5. The fourth-order valence-electron chi connectivity index (χ4n) is 2.57. The third-order valence-electron chi connectivity index (χ3n) is 3.89. The molecule has 1 N–H and O–H groups in total. The minimum Gasteiger partial charge on any atom is -0.325 e.